The van der Waals surface area contributed by atoms with E-state index in [0.29, 0.717) is 12.8 Å². The van der Waals surface area contributed by atoms with Crippen LogP contribution in [-0.2, 0) is 38.4 Å². The second kappa shape index (κ2) is 16.9. The summed E-state index contributed by atoms with van der Waals surface area (Å²) in [4.78, 5) is 105. The fourth-order valence-corrected chi connectivity index (χ4v) is 5.19. The van der Waals surface area contributed by atoms with Crippen LogP contribution in [0.5, 0.6) is 0 Å². The van der Waals surface area contributed by atoms with Gasteiger partial charge in [0.25, 0.3) is 0 Å². The van der Waals surface area contributed by atoms with Gasteiger partial charge >= 0.3 is 0 Å². The van der Waals surface area contributed by atoms with Gasteiger partial charge in [-0.1, -0.05) is 34.1 Å². The van der Waals surface area contributed by atoms with Crippen LogP contribution in [0.4, 0.5) is 0 Å². The monoisotopic (exact) mass is 652 g/mol. The van der Waals surface area contributed by atoms with Crippen LogP contribution < -0.4 is 37.6 Å². The lowest BCUT2D eigenvalue weighted by molar-refractivity contribution is -0.144. The molecule has 2 rings (SSSR count). The summed E-state index contributed by atoms with van der Waals surface area (Å²) in [6.45, 7) is 8.96. The third kappa shape index (κ3) is 10.1. The Bertz CT molecular complexity index is 1190. The van der Waals surface area contributed by atoms with Gasteiger partial charge in [-0.2, -0.15) is 0 Å². The number of aliphatic hydroxyl groups excluding tert-OH is 1. The summed E-state index contributed by atoms with van der Waals surface area (Å²) in [5.74, 6) is -7.28. The zero-order chi connectivity index (χ0) is 34.9. The fourth-order valence-electron chi connectivity index (χ4n) is 5.19. The number of aliphatic hydroxyl groups is 1. The number of carbonyl (C=O) groups is 8. The van der Waals surface area contributed by atoms with E-state index < -0.39 is 114 Å². The molecule has 17 heteroatoms. The zero-order valence-electron chi connectivity index (χ0n) is 27.2. The van der Waals surface area contributed by atoms with Crippen LogP contribution in [0.3, 0.4) is 0 Å². The van der Waals surface area contributed by atoms with Crippen molar-refractivity contribution < 1.29 is 43.5 Å². The van der Waals surface area contributed by atoms with Crippen LogP contribution in [0.25, 0.3) is 0 Å². The molecule has 0 aliphatic carbocycles. The van der Waals surface area contributed by atoms with Crippen LogP contribution in [0, 0.1) is 11.8 Å². The van der Waals surface area contributed by atoms with Crippen LogP contribution in [-0.4, -0.2) is 113 Å². The highest BCUT2D eigenvalue weighted by Crippen LogP contribution is 2.20. The minimum Gasteiger partial charge on any atom is -0.391 e. The van der Waals surface area contributed by atoms with Crippen LogP contribution in [0.15, 0.2) is 0 Å². The molecule has 2 heterocycles. The number of fused-ring (bicyclic) bond motifs is 1. The van der Waals surface area contributed by atoms with Crippen molar-refractivity contribution in [3.63, 3.8) is 0 Å². The molecule has 2 saturated heterocycles. The Hall–Kier alpha value is -4.28. The van der Waals surface area contributed by atoms with Gasteiger partial charge < -0.3 is 47.6 Å². The minimum absolute atomic E-state index is 0.159. The molecule has 17 nitrogen and oxygen atoms in total. The summed E-state index contributed by atoms with van der Waals surface area (Å²) in [6, 6.07) is -7.60. The van der Waals surface area contributed by atoms with E-state index in [1.165, 1.54) is 18.7 Å². The molecule has 0 saturated carbocycles. The highest BCUT2D eigenvalue weighted by atomic mass is 16.3. The lowest BCUT2D eigenvalue weighted by Gasteiger charge is -2.31. The number of hydrogen-bond donors (Lipinski definition) is 8. The van der Waals surface area contributed by atoms with Gasteiger partial charge in [0.2, 0.25) is 47.3 Å². The van der Waals surface area contributed by atoms with E-state index in [1.54, 1.807) is 27.7 Å². The molecule has 0 aromatic heterocycles. The molecular weight excluding hydrogens is 604 g/mol. The van der Waals surface area contributed by atoms with E-state index in [1.807, 2.05) is 0 Å². The highest BCUT2D eigenvalue weighted by molar-refractivity contribution is 5.99. The van der Waals surface area contributed by atoms with E-state index in [9.17, 15) is 43.5 Å². The van der Waals surface area contributed by atoms with E-state index in [-0.39, 0.29) is 13.0 Å². The summed E-state index contributed by atoms with van der Waals surface area (Å²) in [5.41, 5.74) is 5.32. The number of hydrogen-bond acceptors (Lipinski definition) is 9. The van der Waals surface area contributed by atoms with Crippen LogP contribution in [0.2, 0.25) is 0 Å². The van der Waals surface area contributed by atoms with Crippen molar-refractivity contribution in [1.82, 2.24) is 36.8 Å². The molecule has 8 amide bonds. The van der Waals surface area contributed by atoms with E-state index in [4.69, 9.17) is 5.73 Å². The summed E-state index contributed by atoms with van der Waals surface area (Å²) in [6.07, 6.45) is -0.843. The van der Waals surface area contributed by atoms with Crippen LogP contribution >= 0.6 is 0 Å². The van der Waals surface area contributed by atoms with Gasteiger partial charge in [0, 0.05) is 6.54 Å². The van der Waals surface area contributed by atoms with Crippen molar-refractivity contribution in [2.75, 3.05) is 13.1 Å². The molecule has 0 aromatic rings. The van der Waals surface area contributed by atoms with Crippen molar-refractivity contribution >= 4 is 47.3 Å². The average molecular weight is 653 g/mol. The lowest BCUT2D eigenvalue weighted by Crippen LogP contribution is -2.61. The number of nitrogens with zero attached hydrogens (tertiary/aromatic N) is 1. The summed E-state index contributed by atoms with van der Waals surface area (Å²) in [5, 5.41) is 25.3. The SMILES string of the molecule is CC[C@H](C)[C@@H]1NC(=O)CNC(=O)[C@@H]2CCCN2C(=O)[C@H]([C@@H](C)O)NC(=O)[C@H](C(C)C)NC(=O)[C@H](C)NC(=O)[C@H](CC(N)=O)NC1=O. The summed E-state index contributed by atoms with van der Waals surface area (Å²) in [7, 11) is 0. The third-order valence-corrected chi connectivity index (χ3v) is 8.16. The molecule has 258 valence electrons. The van der Waals surface area contributed by atoms with Gasteiger partial charge in [-0.15, -0.1) is 0 Å². The first-order valence-corrected chi connectivity index (χ1v) is 15.5. The van der Waals surface area contributed by atoms with Gasteiger partial charge in [-0.05, 0) is 38.5 Å². The first-order valence-electron chi connectivity index (χ1n) is 15.5. The predicted octanol–water partition coefficient (Wildman–Crippen LogP) is -3.49. The lowest BCUT2D eigenvalue weighted by atomic mass is 9.97. The standard InChI is InChI=1S/C29H48N8O9/c1-7-14(4)22-28(45)33-17(11-19(30)39)25(42)32-15(5)24(41)35-21(13(2)3)27(44)36-23(16(6)38)29(46)37-10-8-9-18(37)26(43)31-12-20(40)34-22/h13-18,21-23,38H,7-12H2,1-6H3,(H2,30,39)(H,31,43)(H,32,42)(H,33,45)(H,34,40)(H,35,41)(H,36,44)/t14-,15-,16+,17-,18-,21-,22-,23-/m0/s1. The normalized spacial score (nSPS) is 29.2. The van der Waals surface area contributed by atoms with Crippen molar-refractivity contribution in [3.8, 4) is 0 Å². The molecule has 0 aromatic carbocycles. The first-order chi connectivity index (χ1) is 21.5. The maximum Gasteiger partial charge on any atom is 0.248 e. The average Bonchev–Trinajstić information content (AvgIpc) is 3.47. The Morgan fingerprint density at radius 3 is 2.02 bits per heavy atom. The second-order valence-corrected chi connectivity index (χ2v) is 12.3. The smallest absolute Gasteiger partial charge is 0.248 e. The molecule has 2 aliphatic heterocycles. The Kier molecular flexibility index (Phi) is 13.9. The quantitative estimate of drug-likeness (QED) is 0.141. The summed E-state index contributed by atoms with van der Waals surface area (Å²) < 4.78 is 0. The maximum absolute atomic E-state index is 13.5. The Balaban J connectivity index is 2.50. The van der Waals surface area contributed by atoms with E-state index >= 15 is 0 Å². The molecule has 0 unspecified atom stereocenters. The third-order valence-electron chi connectivity index (χ3n) is 8.16. The maximum atomic E-state index is 13.5. The van der Waals surface area contributed by atoms with Gasteiger partial charge in [0.15, 0.2) is 0 Å². The number of nitrogens with one attached hydrogen (secondary N) is 6. The molecule has 0 spiro atoms. The fraction of sp³-hybridized carbons (Fsp3) is 0.724. The number of rotatable bonds is 6. The molecule has 0 radical (unpaired) electrons. The van der Waals surface area contributed by atoms with E-state index in [0.717, 1.165) is 0 Å². The molecule has 46 heavy (non-hydrogen) atoms. The predicted molar refractivity (Wildman–Crippen MR) is 163 cm³/mol. The van der Waals surface area contributed by atoms with Gasteiger partial charge in [-0.3, -0.25) is 38.4 Å². The molecule has 0 bridgehead atoms. The van der Waals surface area contributed by atoms with Crippen molar-refractivity contribution in [3.05, 3.63) is 0 Å². The highest BCUT2D eigenvalue weighted by Gasteiger charge is 2.41. The number of nitrogens with two attached hydrogens (primary N) is 1. The zero-order valence-corrected chi connectivity index (χ0v) is 27.2. The minimum atomic E-state index is -1.51. The Labute approximate surface area is 267 Å². The first kappa shape index (κ1) is 37.9. The Morgan fingerprint density at radius 2 is 1.46 bits per heavy atom. The molecule has 2 aliphatic rings. The van der Waals surface area contributed by atoms with Crippen molar-refractivity contribution in [2.24, 2.45) is 17.6 Å². The van der Waals surface area contributed by atoms with Crippen molar-refractivity contribution in [1.29, 1.82) is 0 Å². The van der Waals surface area contributed by atoms with Gasteiger partial charge in [-0.25, -0.2) is 0 Å². The molecule has 9 N–H and O–H groups in total. The van der Waals surface area contributed by atoms with Crippen LogP contribution in [0.1, 0.15) is 67.2 Å². The van der Waals surface area contributed by atoms with E-state index in [2.05, 4.69) is 31.9 Å². The molecule has 8 atom stereocenters. The molecular formula is C29H48N8O9. The number of carbonyl (C=O) groups excluding carboxylic acids is 8. The van der Waals surface area contributed by atoms with Gasteiger partial charge in [0.1, 0.15) is 36.3 Å². The van der Waals surface area contributed by atoms with Crippen molar-refractivity contribution in [2.45, 2.75) is 110 Å². The molecule has 2 fully saturated rings. The largest absolute Gasteiger partial charge is 0.391 e. The number of primary amides is 1. The Morgan fingerprint density at radius 1 is 0.848 bits per heavy atom. The number of amides is 8. The topological polar surface area (TPSA) is 258 Å². The second-order valence-electron chi connectivity index (χ2n) is 12.3. The van der Waals surface area contributed by atoms with Gasteiger partial charge in [0.05, 0.1) is 19.1 Å². The summed E-state index contributed by atoms with van der Waals surface area (Å²) >= 11 is 0.